The molecule has 1 aliphatic heterocycles. The lowest BCUT2D eigenvalue weighted by Crippen LogP contribution is -2.23. The van der Waals surface area contributed by atoms with Crippen LogP contribution in [0.15, 0.2) is 46.4 Å². The summed E-state index contributed by atoms with van der Waals surface area (Å²) in [7, 11) is 1.71. The van der Waals surface area contributed by atoms with Crippen LogP contribution >= 0.6 is 23.1 Å². The van der Waals surface area contributed by atoms with Crippen LogP contribution in [0.4, 0.5) is 5.13 Å². The topological polar surface area (TPSA) is 71.3 Å². The van der Waals surface area contributed by atoms with Gasteiger partial charge in [0.15, 0.2) is 5.17 Å². The third kappa shape index (κ3) is 3.06. The van der Waals surface area contributed by atoms with Crippen LogP contribution in [-0.4, -0.2) is 38.2 Å². The first kappa shape index (κ1) is 15.9. The van der Waals surface area contributed by atoms with Gasteiger partial charge >= 0.3 is 0 Å². The van der Waals surface area contributed by atoms with E-state index in [1.165, 1.54) is 28.0 Å². The SMILES string of the molecule is Cc1nnc(N=C2SC(=Cc3cccc4cccnc34)C(=O)N2C)s1. The van der Waals surface area contributed by atoms with Crippen molar-refractivity contribution in [2.24, 2.45) is 4.99 Å². The summed E-state index contributed by atoms with van der Waals surface area (Å²) >= 11 is 2.73. The van der Waals surface area contributed by atoms with Crippen molar-refractivity contribution < 1.29 is 4.79 Å². The number of rotatable bonds is 2. The molecular formula is C17H13N5OS2. The minimum absolute atomic E-state index is 0.0853. The van der Waals surface area contributed by atoms with Crippen LogP contribution in [0, 0.1) is 6.92 Å². The average Bonchev–Trinajstić information content (AvgIpc) is 3.14. The van der Waals surface area contributed by atoms with Crippen molar-refractivity contribution in [1.29, 1.82) is 0 Å². The van der Waals surface area contributed by atoms with Gasteiger partial charge in [-0.25, -0.2) is 0 Å². The second-order valence-electron chi connectivity index (χ2n) is 5.40. The van der Waals surface area contributed by atoms with Crippen molar-refractivity contribution in [3.05, 3.63) is 52.0 Å². The van der Waals surface area contributed by atoms with Crippen LogP contribution in [0.1, 0.15) is 10.6 Å². The number of amides is 1. The fraction of sp³-hybridized carbons (Fsp3) is 0.118. The number of likely N-dealkylation sites (N-methyl/N-ethyl adjacent to an activating group) is 1. The molecule has 1 amide bonds. The second-order valence-corrected chi connectivity index (χ2v) is 7.56. The molecule has 1 aliphatic rings. The van der Waals surface area contributed by atoms with Crippen molar-refractivity contribution in [3.8, 4) is 0 Å². The molecule has 1 saturated heterocycles. The molecule has 124 valence electrons. The summed E-state index contributed by atoms with van der Waals surface area (Å²) in [5.41, 5.74) is 1.79. The number of benzene rings is 1. The van der Waals surface area contributed by atoms with Gasteiger partial charge in [-0.2, -0.15) is 4.99 Å². The number of carbonyl (C=O) groups excluding carboxylic acids is 1. The van der Waals surface area contributed by atoms with Crippen LogP contribution in [0.25, 0.3) is 17.0 Å². The molecule has 0 spiro atoms. The van der Waals surface area contributed by atoms with E-state index < -0.39 is 0 Å². The molecule has 0 saturated carbocycles. The number of hydrogen-bond acceptors (Lipinski definition) is 7. The summed E-state index contributed by atoms with van der Waals surface area (Å²) in [4.78, 5) is 23.6. The Morgan fingerprint density at radius 1 is 1.20 bits per heavy atom. The van der Waals surface area contributed by atoms with Crippen molar-refractivity contribution in [1.82, 2.24) is 20.1 Å². The lowest BCUT2D eigenvalue weighted by molar-refractivity contribution is -0.121. The lowest BCUT2D eigenvalue weighted by Gasteiger charge is -2.05. The van der Waals surface area contributed by atoms with Crippen molar-refractivity contribution in [3.63, 3.8) is 0 Å². The molecule has 1 fully saturated rings. The van der Waals surface area contributed by atoms with E-state index in [2.05, 4.69) is 20.2 Å². The van der Waals surface area contributed by atoms with E-state index >= 15 is 0 Å². The number of para-hydroxylation sites is 1. The van der Waals surface area contributed by atoms with Gasteiger partial charge in [-0.15, -0.1) is 10.2 Å². The third-order valence-corrected chi connectivity index (χ3v) is 5.45. The maximum atomic E-state index is 12.6. The van der Waals surface area contributed by atoms with Gasteiger partial charge in [-0.05, 0) is 30.8 Å². The molecule has 0 N–H and O–H groups in total. The molecule has 0 unspecified atom stereocenters. The van der Waals surface area contributed by atoms with E-state index in [0.717, 1.165) is 21.5 Å². The van der Waals surface area contributed by atoms with E-state index in [1.807, 2.05) is 43.3 Å². The first-order chi connectivity index (χ1) is 12.1. The molecule has 0 radical (unpaired) electrons. The van der Waals surface area contributed by atoms with Gasteiger partial charge in [0, 0.05) is 24.2 Å². The van der Waals surface area contributed by atoms with Crippen molar-refractivity contribution in [2.75, 3.05) is 7.05 Å². The summed E-state index contributed by atoms with van der Waals surface area (Å²) in [6.07, 6.45) is 3.62. The maximum absolute atomic E-state index is 12.6. The predicted octanol–water partition coefficient (Wildman–Crippen LogP) is 3.63. The maximum Gasteiger partial charge on any atom is 0.266 e. The van der Waals surface area contributed by atoms with E-state index in [4.69, 9.17) is 0 Å². The first-order valence-corrected chi connectivity index (χ1v) is 9.15. The molecule has 3 heterocycles. The van der Waals surface area contributed by atoms with Crippen molar-refractivity contribution >= 4 is 56.3 Å². The number of aromatic nitrogens is 3. The number of carbonyl (C=O) groups is 1. The Hall–Kier alpha value is -2.58. The van der Waals surface area contributed by atoms with Gasteiger partial charge in [0.1, 0.15) is 5.01 Å². The zero-order valence-corrected chi connectivity index (χ0v) is 15.1. The second kappa shape index (κ2) is 6.38. The average molecular weight is 367 g/mol. The fourth-order valence-electron chi connectivity index (χ4n) is 2.45. The van der Waals surface area contributed by atoms with Crippen LogP contribution < -0.4 is 0 Å². The highest BCUT2D eigenvalue weighted by Crippen LogP contribution is 2.34. The van der Waals surface area contributed by atoms with E-state index in [9.17, 15) is 4.79 Å². The first-order valence-electron chi connectivity index (χ1n) is 7.52. The number of aryl methyl sites for hydroxylation is 1. The highest BCUT2D eigenvalue weighted by molar-refractivity contribution is 8.18. The Morgan fingerprint density at radius 3 is 2.84 bits per heavy atom. The monoisotopic (exact) mass is 367 g/mol. The van der Waals surface area contributed by atoms with E-state index in [0.29, 0.717) is 15.2 Å². The molecule has 0 aliphatic carbocycles. The zero-order valence-electron chi connectivity index (χ0n) is 13.5. The number of pyridine rings is 1. The molecule has 4 rings (SSSR count). The summed E-state index contributed by atoms with van der Waals surface area (Å²) in [6.45, 7) is 1.87. The van der Waals surface area contributed by atoms with Crippen LogP contribution in [0.3, 0.4) is 0 Å². The molecule has 25 heavy (non-hydrogen) atoms. The Balaban J connectivity index is 1.72. The molecule has 1 aromatic carbocycles. The number of hydrogen-bond donors (Lipinski definition) is 0. The summed E-state index contributed by atoms with van der Waals surface area (Å²) < 4.78 is 0. The van der Waals surface area contributed by atoms with Gasteiger partial charge < -0.3 is 0 Å². The molecule has 0 atom stereocenters. The quantitative estimate of drug-likeness (QED) is 0.647. The number of aliphatic imine (C=N–C) groups is 1. The highest BCUT2D eigenvalue weighted by atomic mass is 32.2. The Labute approximate surface area is 152 Å². The summed E-state index contributed by atoms with van der Waals surface area (Å²) in [5.74, 6) is -0.0853. The Bertz CT molecular complexity index is 1030. The number of thioether (sulfide) groups is 1. The number of fused-ring (bicyclic) bond motifs is 1. The normalized spacial score (nSPS) is 18.0. The molecule has 3 aromatic rings. The summed E-state index contributed by atoms with van der Waals surface area (Å²) in [6, 6.07) is 9.83. The molecular weight excluding hydrogens is 354 g/mol. The third-order valence-electron chi connectivity index (χ3n) is 3.66. The fourth-order valence-corrected chi connectivity index (χ4v) is 4.03. The minimum atomic E-state index is -0.0853. The Morgan fingerprint density at radius 2 is 2.04 bits per heavy atom. The standard InChI is InChI=1S/C17H13N5OS2/c1-10-20-21-16(24-10)19-17-22(2)15(23)13(25-17)9-12-6-3-5-11-7-4-8-18-14(11)12/h3-9H,1-2H3. The number of amidine groups is 1. The van der Waals surface area contributed by atoms with Gasteiger partial charge in [0.2, 0.25) is 5.13 Å². The van der Waals surface area contributed by atoms with Crippen LogP contribution in [0.5, 0.6) is 0 Å². The smallest absolute Gasteiger partial charge is 0.266 e. The van der Waals surface area contributed by atoms with Crippen LogP contribution in [-0.2, 0) is 4.79 Å². The van der Waals surface area contributed by atoms with E-state index in [-0.39, 0.29) is 5.91 Å². The summed E-state index contributed by atoms with van der Waals surface area (Å²) in [5, 5.41) is 11.0. The van der Waals surface area contributed by atoms with Crippen LogP contribution in [0.2, 0.25) is 0 Å². The minimum Gasteiger partial charge on any atom is -0.289 e. The molecule has 6 nitrogen and oxygen atoms in total. The van der Waals surface area contributed by atoms with Gasteiger partial charge in [0.05, 0.1) is 10.4 Å². The molecule has 2 aromatic heterocycles. The lowest BCUT2D eigenvalue weighted by atomic mass is 10.1. The molecule has 0 bridgehead atoms. The van der Waals surface area contributed by atoms with Gasteiger partial charge in [0.25, 0.3) is 5.91 Å². The highest BCUT2D eigenvalue weighted by Gasteiger charge is 2.30. The largest absolute Gasteiger partial charge is 0.289 e. The molecule has 8 heteroatoms. The van der Waals surface area contributed by atoms with E-state index in [1.54, 1.807) is 13.2 Å². The zero-order chi connectivity index (χ0) is 17.4. The van der Waals surface area contributed by atoms with Crippen molar-refractivity contribution in [2.45, 2.75) is 6.92 Å². The number of nitrogens with zero attached hydrogens (tertiary/aromatic N) is 5. The van der Waals surface area contributed by atoms with Gasteiger partial charge in [-0.1, -0.05) is 35.6 Å². The predicted molar refractivity (Wildman–Crippen MR) is 102 cm³/mol. The Kier molecular flexibility index (Phi) is 4.06. The van der Waals surface area contributed by atoms with Gasteiger partial charge in [-0.3, -0.25) is 14.7 Å².